The van der Waals surface area contributed by atoms with Crippen molar-refractivity contribution in [1.82, 2.24) is 14.8 Å². The second-order valence-corrected chi connectivity index (χ2v) is 8.11. The molecule has 1 fully saturated rings. The van der Waals surface area contributed by atoms with Gasteiger partial charge in [0, 0.05) is 25.0 Å². The number of hydrogen-bond donors (Lipinski definition) is 0. The summed E-state index contributed by atoms with van der Waals surface area (Å²) in [6, 6.07) is 19.0. The fourth-order valence-electron chi connectivity index (χ4n) is 4.28. The third kappa shape index (κ3) is 4.68. The molecule has 0 radical (unpaired) electrons. The zero-order valence-corrected chi connectivity index (χ0v) is 17.4. The number of rotatable bonds is 6. The maximum Gasteiger partial charge on any atom is 0.272 e. The zero-order chi connectivity index (χ0) is 20.9. The van der Waals surface area contributed by atoms with E-state index < -0.39 is 5.82 Å². The van der Waals surface area contributed by atoms with Gasteiger partial charge in [0.25, 0.3) is 5.91 Å². The van der Waals surface area contributed by atoms with Gasteiger partial charge in [0.1, 0.15) is 17.0 Å². The Labute approximate surface area is 177 Å². The summed E-state index contributed by atoms with van der Waals surface area (Å²) in [5.74, 6) is -0.539. The van der Waals surface area contributed by atoms with E-state index in [4.69, 9.17) is 0 Å². The van der Waals surface area contributed by atoms with Crippen LogP contribution in [0.25, 0.3) is 10.9 Å². The summed E-state index contributed by atoms with van der Waals surface area (Å²) in [5, 5.41) is 0.705. The molecule has 0 N–H and O–H groups in total. The van der Waals surface area contributed by atoms with E-state index >= 15 is 0 Å². The summed E-state index contributed by atoms with van der Waals surface area (Å²) < 4.78 is 14.1. The average molecular weight is 406 g/mol. The second kappa shape index (κ2) is 9.35. The molecule has 1 aliphatic rings. The number of carbonyl (C=O) groups excluding carboxylic acids is 1. The number of likely N-dealkylation sites (tertiary alicyclic amines) is 1. The zero-order valence-electron chi connectivity index (χ0n) is 17.4. The maximum atomic E-state index is 14.1. The molecule has 4 rings (SSSR count). The van der Waals surface area contributed by atoms with E-state index in [9.17, 15) is 9.18 Å². The number of carbonyl (C=O) groups is 1. The Bertz CT molecular complexity index is 1010. The molecule has 1 atom stereocenters. The summed E-state index contributed by atoms with van der Waals surface area (Å²) in [6.07, 6.45) is 4.25. The van der Waals surface area contributed by atoms with Crippen LogP contribution in [0.3, 0.4) is 0 Å². The van der Waals surface area contributed by atoms with Crippen LogP contribution < -0.4 is 0 Å². The van der Waals surface area contributed by atoms with Gasteiger partial charge in [-0.3, -0.25) is 4.79 Å². The minimum atomic E-state index is -0.396. The molecule has 1 saturated heterocycles. The van der Waals surface area contributed by atoms with Crippen molar-refractivity contribution >= 4 is 16.8 Å². The molecular weight excluding hydrogens is 377 g/mol. The summed E-state index contributed by atoms with van der Waals surface area (Å²) >= 11 is 0. The number of aryl methyl sites for hydroxylation is 1. The first-order valence-electron chi connectivity index (χ1n) is 10.7. The number of likely N-dealkylation sites (N-methyl/N-ethyl adjacent to an activating group) is 1. The maximum absolute atomic E-state index is 14.1. The van der Waals surface area contributed by atoms with Gasteiger partial charge < -0.3 is 9.80 Å². The molecule has 2 heterocycles. The number of hydrogen-bond acceptors (Lipinski definition) is 3. The van der Waals surface area contributed by atoms with Gasteiger partial charge in [-0.1, -0.05) is 48.5 Å². The smallest absolute Gasteiger partial charge is 0.272 e. The summed E-state index contributed by atoms with van der Waals surface area (Å²) in [4.78, 5) is 21.6. The Morgan fingerprint density at radius 3 is 2.80 bits per heavy atom. The van der Waals surface area contributed by atoms with Crippen LogP contribution >= 0.6 is 0 Å². The molecule has 30 heavy (non-hydrogen) atoms. The number of benzene rings is 2. The third-order valence-corrected chi connectivity index (χ3v) is 6.02. The Hall–Kier alpha value is -2.79. The van der Waals surface area contributed by atoms with Crippen LogP contribution in [-0.4, -0.2) is 53.4 Å². The highest BCUT2D eigenvalue weighted by molar-refractivity contribution is 5.95. The highest BCUT2D eigenvalue weighted by Crippen LogP contribution is 2.20. The Balaban J connectivity index is 1.37. The molecule has 0 saturated carbocycles. The van der Waals surface area contributed by atoms with Crippen molar-refractivity contribution in [1.29, 1.82) is 0 Å². The lowest BCUT2D eigenvalue weighted by molar-refractivity contribution is 0.0611. The van der Waals surface area contributed by atoms with Gasteiger partial charge in [0.2, 0.25) is 0 Å². The van der Waals surface area contributed by atoms with E-state index in [0.29, 0.717) is 11.1 Å². The number of aromatic nitrogens is 1. The van der Waals surface area contributed by atoms with Crippen molar-refractivity contribution in [3.8, 4) is 0 Å². The average Bonchev–Trinajstić information content (AvgIpc) is 2.79. The molecule has 1 amide bonds. The lowest BCUT2D eigenvalue weighted by Gasteiger charge is -2.37. The van der Waals surface area contributed by atoms with Gasteiger partial charge >= 0.3 is 0 Å². The Morgan fingerprint density at radius 2 is 1.97 bits per heavy atom. The van der Waals surface area contributed by atoms with Crippen LogP contribution in [0.4, 0.5) is 4.39 Å². The first kappa shape index (κ1) is 20.5. The van der Waals surface area contributed by atoms with E-state index in [-0.39, 0.29) is 17.5 Å². The molecule has 0 aliphatic carbocycles. The van der Waals surface area contributed by atoms with Crippen molar-refractivity contribution in [2.75, 3.05) is 26.7 Å². The molecule has 1 unspecified atom stereocenters. The molecule has 156 valence electrons. The van der Waals surface area contributed by atoms with E-state index in [1.807, 2.05) is 13.1 Å². The largest absolute Gasteiger partial charge is 0.336 e. The molecular formula is C25H28FN3O. The number of amides is 1. The fourth-order valence-corrected chi connectivity index (χ4v) is 4.28. The topological polar surface area (TPSA) is 36.4 Å². The summed E-state index contributed by atoms with van der Waals surface area (Å²) in [5.41, 5.74) is 1.92. The van der Waals surface area contributed by atoms with Gasteiger partial charge in [0.15, 0.2) is 0 Å². The number of pyridine rings is 1. The summed E-state index contributed by atoms with van der Waals surface area (Å²) in [6.45, 7) is 2.98. The van der Waals surface area contributed by atoms with Gasteiger partial charge in [0.05, 0.1) is 0 Å². The van der Waals surface area contributed by atoms with Crippen LogP contribution in [0.2, 0.25) is 0 Å². The molecule has 4 nitrogen and oxygen atoms in total. The predicted molar refractivity (Wildman–Crippen MR) is 118 cm³/mol. The predicted octanol–water partition coefficient (Wildman–Crippen LogP) is 4.54. The Kier molecular flexibility index (Phi) is 6.38. The number of nitrogens with zero attached hydrogens (tertiary/aromatic N) is 3. The molecule has 1 aliphatic heterocycles. The summed E-state index contributed by atoms with van der Waals surface area (Å²) in [7, 11) is 1.84. The fraction of sp³-hybridized carbons (Fsp3) is 0.360. The van der Waals surface area contributed by atoms with E-state index in [1.54, 1.807) is 29.2 Å². The molecule has 3 aromatic rings. The van der Waals surface area contributed by atoms with Crippen LogP contribution in [-0.2, 0) is 6.42 Å². The van der Waals surface area contributed by atoms with E-state index in [1.165, 1.54) is 11.6 Å². The third-order valence-electron chi connectivity index (χ3n) is 6.02. The lowest BCUT2D eigenvalue weighted by Crippen LogP contribution is -2.48. The van der Waals surface area contributed by atoms with Crippen molar-refractivity contribution in [3.63, 3.8) is 0 Å². The number of fused-ring (bicyclic) bond motifs is 1. The Morgan fingerprint density at radius 1 is 1.13 bits per heavy atom. The van der Waals surface area contributed by atoms with Crippen LogP contribution in [0.1, 0.15) is 35.3 Å². The quantitative estimate of drug-likeness (QED) is 0.604. The van der Waals surface area contributed by atoms with Crippen molar-refractivity contribution in [2.45, 2.75) is 31.7 Å². The lowest BCUT2D eigenvalue weighted by atomic mass is 10.0. The first-order chi connectivity index (χ1) is 14.6. The standard InChI is InChI=1S/C25H28FN3O/c1-28(25(30)23-15-14-20-11-5-13-22(26)24(20)27-23)21-12-7-17-29(18-21)16-6-10-19-8-3-2-4-9-19/h2-5,8-9,11,13-15,21H,6-7,10,12,16-18H2,1H3. The van der Waals surface area contributed by atoms with Crippen LogP contribution in [0.15, 0.2) is 60.7 Å². The normalized spacial score (nSPS) is 17.2. The number of para-hydroxylation sites is 1. The number of halogens is 1. The van der Waals surface area contributed by atoms with Gasteiger partial charge in [-0.25, -0.2) is 9.37 Å². The minimum Gasteiger partial charge on any atom is -0.336 e. The van der Waals surface area contributed by atoms with E-state index in [2.05, 4.69) is 34.1 Å². The van der Waals surface area contributed by atoms with Crippen LogP contribution in [0.5, 0.6) is 0 Å². The molecule has 2 aromatic carbocycles. The van der Waals surface area contributed by atoms with E-state index in [0.717, 1.165) is 45.3 Å². The second-order valence-electron chi connectivity index (χ2n) is 8.11. The molecule has 0 bridgehead atoms. The van der Waals surface area contributed by atoms with Gasteiger partial charge in [-0.05, 0) is 56.5 Å². The van der Waals surface area contributed by atoms with Crippen molar-refractivity contribution < 1.29 is 9.18 Å². The first-order valence-corrected chi connectivity index (χ1v) is 10.7. The molecule has 5 heteroatoms. The SMILES string of the molecule is CN(C(=O)c1ccc2cccc(F)c2n1)C1CCCN(CCCc2ccccc2)C1. The molecule has 1 aromatic heterocycles. The monoisotopic (exact) mass is 405 g/mol. The minimum absolute atomic E-state index is 0.142. The van der Waals surface area contributed by atoms with Gasteiger partial charge in [-0.2, -0.15) is 0 Å². The number of piperidine rings is 1. The van der Waals surface area contributed by atoms with Crippen molar-refractivity contribution in [2.24, 2.45) is 0 Å². The highest BCUT2D eigenvalue weighted by Gasteiger charge is 2.27. The van der Waals surface area contributed by atoms with Crippen LogP contribution in [0, 0.1) is 5.82 Å². The van der Waals surface area contributed by atoms with Gasteiger partial charge in [-0.15, -0.1) is 0 Å². The highest BCUT2D eigenvalue weighted by atomic mass is 19.1. The van der Waals surface area contributed by atoms with Crippen molar-refractivity contribution in [3.05, 3.63) is 77.7 Å². The molecule has 0 spiro atoms.